The van der Waals surface area contributed by atoms with E-state index < -0.39 is 0 Å². The zero-order valence-corrected chi connectivity index (χ0v) is 11.3. The second-order valence-corrected chi connectivity index (χ2v) is 4.98. The van der Waals surface area contributed by atoms with Gasteiger partial charge in [0.25, 0.3) is 0 Å². The van der Waals surface area contributed by atoms with Crippen LogP contribution in [-0.4, -0.2) is 26.0 Å². The van der Waals surface area contributed by atoms with Crippen molar-refractivity contribution in [3.63, 3.8) is 0 Å². The fraction of sp³-hybridized carbons (Fsp3) is 0.417. The highest BCUT2D eigenvalue weighted by molar-refractivity contribution is 9.10. The summed E-state index contributed by atoms with van der Waals surface area (Å²) < 4.78 is 1.04. The van der Waals surface area contributed by atoms with Crippen molar-refractivity contribution in [2.24, 2.45) is 0 Å². The summed E-state index contributed by atoms with van der Waals surface area (Å²) in [4.78, 5) is 15.9. The summed E-state index contributed by atoms with van der Waals surface area (Å²) in [7, 11) is 3.81. The number of amides is 1. The van der Waals surface area contributed by atoms with Crippen molar-refractivity contribution in [3.8, 4) is 0 Å². The fourth-order valence-electron chi connectivity index (χ4n) is 2.19. The van der Waals surface area contributed by atoms with Gasteiger partial charge in [0.05, 0.1) is 11.4 Å². The quantitative estimate of drug-likeness (QED) is 0.791. The Morgan fingerprint density at radius 3 is 2.62 bits per heavy atom. The number of carbonyl (C=O) groups excluding carboxylic acids is 1. The largest absolute Gasteiger partial charge is 0.361 e. The Hall–Kier alpha value is -1.03. The molecule has 1 amide bonds. The molecule has 2 rings (SSSR count). The highest BCUT2D eigenvalue weighted by Crippen LogP contribution is 2.36. The van der Waals surface area contributed by atoms with Gasteiger partial charge in [0.15, 0.2) is 0 Å². The summed E-state index contributed by atoms with van der Waals surface area (Å²) in [6, 6.07) is 5.94. The summed E-state index contributed by atoms with van der Waals surface area (Å²) >= 11 is 3.46. The van der Waals surface area contributed by atoms with Gasteiger partial charge in [-0.25, -0.2) is 0 Å². The summed E-state index contributed by atoms with van der Waals surface area (Å²) in [5, 5.41) is 0. The van der Waals surface area contributed by atoms with Gasteiger partial charge >= 0.3 is 0 Å². The number of likely N-dealkylation sites (N-methyl/N-ethyl adjacent to an activating group) is 2. The molecule has 1 unspecified atom stereocenters. The lowest BCUT2D eigenvalue weighted by Gasteiger charge is -2.39. The molecule has 1 heterocycles. The summed E-state index contributed by atoms with van der Waals surface area (Å²) in [6.07, 6.45) is 0.825. The first kappa shape index (κ1) is 11.5. The average molecular weight is 283 g/mol. The van der Waals surface area contributed by atoms with Crippen LogP contribution in [0.4, 0.5) is 11.4 Å². The van der Waals surface area contributed by atoms with Crippen LogP contribution in [0.2, 0.25) is 0 Å². The molecular formula is C12H15BrN2O. The normalized spacial score (nSPS) is 20.0. The van der Waals surface area contributed by atoms with E-state index in [2.05, 4.69) is 26.9 Å². The van der Waals surface area contributed by atoms with Gasteiger partial charge in [0, 0.05) is 18.6 Å². The van der Waals surface area contributed by atoms with Crippen LogP contribution in [0, 0.1) is 0 Å². The van der Waals surface area contributed by atoms with E-state index in [-0.39, 0.29) is 11.9 Å². The van der Waals surface area contributed by atoms with Gasteiger partial charge in [-0.05, 0) is 24.6 Å². The minimum absolute atomic E-state index is 0.0493. The van der Waals surface area contributed by atoms with Gasteiger partial charge in [0.1, 0.15) is 6.04 Å². The van der Waals surface area contributed by atoms with Crippen LogP contribution in [0.25, 0.3) is 0 Å². The number of carbonyl (C=O) groups is 1. The zero-order chi connectivity index (χ0) is 11.9. The Balaban J connectivity index is 2.55. The second-order valence-electron chi connectivity index (χ2n) is 4.07. The van der Waals surface area contributed by atoms with Crippen molar-refractivity contribution in [2.45, 2.75) is 19.4 Å². The van der Waals surface area contributed by atoms with Gasteiger partial charge in [-0.1, -0.05) is 22.9 Å². The molecule has 0 spiro atoms. The van der Waals surface area contributed by atoms with Crippen LogP contribution in [0.3, 0.4) is 0 Å². The Morgan fingerprint density at radius 1 is 1.31 bits per heavy atom. The second kappa shape index (κ2) is 4.09. The van der Waals surface area contributed by atoms with Gasteiger partial charge in [0.2, 0.25) is 5.91 Å². The lowest BCUT2D eigenvalue weighted by molar-refractivity contribution is -0.119. The van der Waals surface area contributed by atoms with Crippen LogP contribution in [-0.2, 0) is 4.79 Å². The number of rotatable bonds is 1. The molecule has 16 heavy (non-hydrogen) atoms. The monoisotopic (exact) mass is 282 g/mol. The first-order valence-electron chi connectivity index (χ1n) is 5.36. The molecule has 0 N–H and O–H groups in total. The maximum Gasteiger partial charge on any atom is 0.249 e. The van der Waals surface area contributed by atoms with Crippen molar-refractivity contribution in [1.82, 2.24) is 0 Å². The Labute approximate surface area is 104 Å². The molecule has 0 aliphatic carbocycles. The zero-order valence-electron chi connectivity index (χ0n) is 9.70. The molecule has 0 radical (unpaired) electrons. The molecule has 4 heteroatoms. The standard InChI is InChI=1S/C12H15BrN2O/c1-4-9-12(16)15(3)10-6-5-8(13)7-11(10)14(9)2/h5-7,9H,4H2,1-3H3. The molecular weight excluding hydrogens is 268 g/mol. The third kappa shape index (κ3) is 1.61. The van der Waals surface area contributed by atoms with E-state index in [1.54, 1.807) is 4.90 Å². The molecule has 3 nitrogen and oxygen atoms in total. The molecule has 0 aromatic heterocycles. The van der Waals surface area contributed by atoms with Crippen LogP contribution in [0.1, 0.15) is 13.3 Å². The van der Waals surface area contributed by atoms with E-state index in [0.717, 1.165) is 22.3 Å². The third-order valence-electron chi connectivity index (χ3n) is 3.15. The molecule has 86 valence electrons. The van der Waals surface area contributed by atoms with E-state index in [1.165, 1.54) is 0 Å². The van der Waals surface area contributed by atoms with Crippen LogP contribution >= 0.6 is 15.9 Å². The number of anilines is 2. The average Bonchev–Trinajstić information content (AvgIpc) is 2.27. The molecule has 0 saturated heterocycles. The SMILES string of the molecule is CCC1C(=O)N(C)c2ccc(Br)cc2N1C. The summed E-state index contributed by atoms with van der Waals surface area (Å²) in [6.45, 7) is 2.04. The minimum atomic E-state index is -0.0493. The number of nitrogens with zero attached hydrogens (tertiary/aromatic N) is 2. The summed E-state index contributed by atoms with van der Waals surface area (Å²) in [5.74, 6) is 0.167. The molecule has 1 aliphatic heterocycles. The van der Waals surface area contributed by atoms with E-state index >= 15 is 0 Å². The highest BCUT2D eigenvalue weighted by Gasteiger charge is 2.33. The first-order valence-corrected chi connectivity index (χ1v) is 6.15. The predicted octanol–water partition coefficient (Wildman–Crippen LogP) is 2.64. The number of benzene rings is 1. The number of hydrogen-bond donors (Lipinski definition) is 0. The Morgan fingerprint density at radius 2 is 2.00 bits per heavy atom. The van der Waals surface area contributed by atoms with Crippen LogP contribution < -0.4 is 9.80 Å². The first-order chi connectivity index (χ1) is 7.56. The van der Waals surface area contributed by atoms with Crippen molar-refractivity contribution in [3.05, 3.63) is 22.7 Å². The van der Waals surface area contributed by atoms with Gasteiger partial charge in [-0.3, -0.25) is 4.79 Å². The number of fused-ring (bicyclic) bond motifs is 1. The third-order valence-corrected chi connectivity index (χ3v) is 3.64. The van der Waals surface area contributed by atoms with Crippen molar-refractivity contribution >= 4 is 33.2 Å². The molecule has 0 bridgehead atoms. The van der Waals surface area contributed by atoms with E-state index in [9.17, 15) is 4.79 Å². The lowest BCUT2D eigenvalue weighted by Crippen LogP contribution is -2.50. The maximum absolute atomic E-state index is 12.1. The maximum atomic E-state index is 12.1. The van der Waals surface area contributed by atoms with Crippen molar-refractivity contribution in [2.75, 3.05) is 23.9 Å². The molecule has 1 aromatic carbocycles. The predicted molar refractivity (Wildman–Crippen MR) is 70.0 cm³/mol. The lowest BCUT2D eigenvalue weighted by atomic mass is 10.1. The van der Waals surface area contributed by atoms with Crippen molar-refractivity contribution < 1.29 is 4.79 Å². The fourth-order valence-corrected chi connectivity index (χ4v) is 2.54. The van der Waals surface area contributed by atoms with Gasteiger partial charge < -0.3 is 9.80 Å². The van der Waals surface area contributed by atoms with Crippen LogP contribution in [0.5, 0.6) is 0 Å². The van der Waals surface area contributed by atoms with Crippen LogP contribution in [0.15, 0.2) is 22.7 Å². The van der Waals surface area contributed by atoms with Gasteiger partial charge in [-0.15, -0.1) is 0 Å². The molecule has 0 saturated carbocycles. The molecule has 1 aromatic rings. The van der Waals surface area contributed by atoms with E-state index in [4.69, 9.17) is 0 Å². The highest BCUT2D eigenvalue weighted by atomic mass is 79.9. The van der Waals surface area contributed by atoms with E-state index in [0.29, 0.717) is 0 Å². The Kier molecular flexibility index (Phi) is 2.93. The van der Waals surface area contributed by atoms with Crippen molar-refractivity contribution in [1.29, 1.82) is 0 Å². The van der Waals surface area contributed by atoms with E-state index in [1.807, 2.05) is 33.2 Å². The molecule has 1 atom stereocenters. The minimum Gasteiger partial charge on any atom is -0.361 e. The smallest absolute Gasteiger partial charge is 0.249 e. The Bertz CT molecular complexity index is 433. The van der Waals surface area contributed by atoms with Gasteiger partial charge in [-0.2, -0.15) is 0 Å². The molecule has 1 aliphatic rings. The number of hydrogen-bond acceptors (Lipinski definition) is 2. The number of halogens is 1. The summed E-state index contributed by atoms with van der Waals surface area (Å²) in [5.41, 5.74) is 2.07. The molecule has 0 fully saturated rings. The topological polar surface area (TPSA) is 23.6 Å².